The van der Waals surface area contributed by atoms with Gasteiger partial charge in [-0.3, -0.25) is 57.5 Å². The van der Waals surface area contributed by atoms with Crippen LogP contribution >= 0.6 is 11.6 Å². The standard InChI is InChI=1S/C74H114ClF3N12O12/c1-13-47(4)62-70(100)83(7)44-60(92)82(6)45-61(93)86(10)57(42-49-26-17-14-18-27-49)68(98)84(8)48(5)64(94)79-54(34-32-50-31-33-52(53(75)41-50)74(76,77)78)67(97)90-39-25-30-55(90)66(96)81-73(35-21-22-36-73)72(102)88(12)63(51-28-19-15-20-29-51)71(101)87(11)58(69(99)89-37-23-16-24-38-89)43-59(91)85(9)56(40-46(2)3)65(95)80-62/h31,33,41,46-49,51,54-58,62-63H,13-30,32,34-40,42-45H2,1-12H3,(H,79,94)(H,80,95)(H,81,96)/t47-,48-,54-,55?,56-,57-,58-,62-,63-/m0/s1. The van der Waals surface area contributed by atoms with Gasteiger partial charge < -0.3 is 60.0 Å². The second kappa shape index (κ2) is 36.6. The molecule has 3 saturated heterocycles. The van der Waals surface area contributed by atoms with E-state index < -0.39 is 173 Å². The number of alkyl halides is 3. The van der Waals surface area contributed by atoms with Gasteiger partial charge in [-0.1, -0.05) is 116 Å². The van der Waals surface area contributed by atoms with E-state index in [9.17, 15) is 37.1 Å². The number of nitrogens with one attached hydrogen (secondary N) is 3. The van der Waals surface area contributed by atoms with Crippen molar-refractivity contribution in [1.82, 2.24) is 60.0 Å². The van der Waals surface area contributed by atoms with E-state index in [1.54, 1.807) is 11.8 Å². The van der Waals surface area contributed by atoms with Crippen molar-refractivity contribution in [2.45, 2.75) is 255 Å². The summed E-state index contributed by atoms with van der Waals surface area (Å²) in [5.41, 5.74) is -2.34. The Morgan fingerprint density at radius 2 is 1.22 bits per heavy atom. The third kappa shape index (κ3) is 20.3. The highest BCUT2D eigenvalue weighted by molar-refractivity contribution is 6.31. The van der Waals surface area contributed by atoms with Gasteiger partial charge in [0.1, 0.15) is 53.9 Å². The fraction of sp³-hybridized carbons (Fsp3) is 0.757. The summed E-state index contributed by atoms with van der Waals surface area (Å²) in [5, 5.41) is 8.26. The average molecular weight is 1460 g/mol. The molecule has 7 rings (SSSR count). The Morgan fingerprint density at radius 1 is 0.618 bits per heavy atom. The van der Waals surface area contributed by atoms with Crippen LogP contribution in [0.2, 0.25) is 5.02 Å². The van der Waals surface area contributed by atoms with Gasteiger partial charge in [0.15, 0.2) is 0 Å². The van der Waals surface area contributed by atoms with Crippen LogP contribution in [0.15, 0.2) is 18.2 Å². The van der Waals surface area contributed by atoms with Gasteiger partial charge in [0.2, 0.25) is 70.9 Å². The third-order valence-corrected chi connectivity index (χ3v) is 23.2. The minimum Gasteiger partial charge on any atom is -0.343 e. The first-order chi connectivity index (χ1) is 48.1. The topological polar surface area (TPSA) is 270 Å². The summed E-state index contributed by atoms with van der Waals surface area (Å²) in [7, 11) is 10.1. The van der Waals surface area contributed by atoms with E-state index in [-0.39, 0.29) is 63.3 Å². The zero-order valence-electron chi connectivity index (χ0n) is 62.3. The maximum atomic E-state index is 15.8. The van der Waals surface area contributed by atoms with Crippen molar-refractivity contribution < 1.29 is 70.7 Å². The van der Waals surface area contributed by atoms with Crippen LogP contribution in [-0.4, -0.2) is 251 Å². The number of likely N-dealkylation sites (N-methyl/N-ethyl adjacent to an activating group) is 7. The minimum absolute atomic E-state index is 0.0109. The molecule has 3 aliphatic heterocycles. The third-order valence-electron chi connectivity index (χ3n) is 22.9. The zero-order valence-corrected chi connectivity index (χ0v) is 63.1. The highest BCUT2D eigenvalue weighted by atomic mass is 35.5. The molecule has 1 aromatic carbocycles. The summed E-state index contributed by atoms with van der Waals surface area (Å²) in [6.45, 7) is 8.53. The molecule has 3 saturated carbocycles. The average Bonchev–Trinajstić information content (AvgIpc) is 1.49. The maximum Gasteiger partial charge on any atom is 0.417 e. The summed E-state index contributed by atoms with van der Waals surface area (Å²) < 4.78 is 41.8. The molecule has 24 nitrogen and oxygen atoms in total. The second-order valence-corrected chi connectivity index (χ2v) is 31.0. The lowest BCUT2D eigenvalue weighted by molar-refractivity contribution is -0.157. The van der Waals surface area contributed by atoms with Crippen LogP contribution in [0, 0.1) is 23.7 Å². The van der Waals surface area contributed by atoms with Crippen LogP contribution in [0.4, 0.5) is 13.2 Å². The molecule has 0 aromatic heterocycles. The first-order valence-electron chi connectivity index (χ1n) is 37.3. The lowest BCUT2D eigenvalue weighted by Gasteiger charge is -2.43. The van der Waals surface area contributed by atoms with Crippen LogP contribution in [0.1, 0.15) is 200 Å². The first kappa shape index (κ1) is 82.2. The fourth-order valence-corrected chi connectivity index (χ4v) is 16.3. The monoisotopic (exact) mass is 1450 g/mol. The van der Waals surface area contributed by atoms with Crippen LogP contribution in [0.25, 0.3) is 0 Å². The second-order valence-electron chi connectivity index (χ2n) is 30.5. The molecule has 102 heavy (non-hydrogen) atoms. The predicted molar refractivity (Wildman–Crippen MR) is 378 cm³/mol. The van der Waals surface area contributed by atoms with Crippen molar-refractivity contribution in [1.29, 1.82) is 0 Å². The van der Waals surface area contributed by atoms with Crippen molar-refractivity contribution in [2.24, 2.45) is 23.7 Å². The Bertz CT molecular complexity index is 3170. The number of hydrogen-bond donors (Lipinski definition) is 3. The number of piperidine rings is 1. The molecule has 1 unspecified atom stereocenters. The number of likely N-dealkylation sites (tertiary alicyclic amines) is 1. The summed E-state index contributed by atoms with van der Waals surface area (Å²) in [6.07, 6.45) is 7.06. The van der Waals surface area contributed by atoms with Gasteiger partial charge in [0.25, 0.3) is 0 Å². The number of fused-ring (bicyclic) bond motifs is 1. The Kier molecular flexibility index (Phi) is 29.5. The van der Waals surface area contributed by atoms with Crippen molar-refractivity contribution in [2.75, 3.05) is 82.1 Å². The molecule has 12 amide bonds. The molecule has 1 spiro atoms. The molecular weight excluding hydrogens is 1340 g/mol. The normalized spacial score (nSPS) is 27.4. The molecule has 9 atom stereocenters. The molecule has 28 heteroatoms. The molecule has 0 radical (unpaired) electrons. The van der Waals surface area contributed by atoms with Crippen molar-refractivity contribution in [3.05, 3.63) is 34.3 Å². The number of hydrogen-bond acceptors (Lipinski definition) is 12. The van der Waals surface area contributed by atoms with Gasteiger partial charge in [-0.25, -0.2) is 0 Å². The minimum atomic E-state index is -4.76. The summed E-state index contributed by atoms with van der Waals surface area (Å²) in [5.74, 6) is -8.70. The number of carbonyl (C=O) groups excluding carboxylic acids is 12. The molecule has 3 heterocycles. The molecule has 3 N–H and O–H groups in total. The Morgan fingerprint density at radius 3 is 1.81 bits per heavy atom. The van der Waals surface area contributed by atoms with E-state index in [4.69, 9.17) is 11.6 Å². The number of benzene rings is 1. The largest absolute Gasteiger partial charge is 0.417 e. The lowest BCUT2D eigenvalue weighted by Crippen LogP contribution is -2.65. The number of carbonyl (C=O) groups is 12. The summed E-state index contributed by atoms with van der Waals surface area (Å²) >= 11 is 6.18. The van der Waals surface area contributed by atoms with Crippen LogP contribution in [0.3, 0.4) is 0 Å². The number of rotatable bonds is 11. The fourth-order valence-electron chi connectivity index (χ4n) is 16.0. The number of halogens is 4. The molecule has 6 fully saturated rings. The molecule has 0 bridgehead atoms. The van der Waals surface area contributed by atoms with Gasteiger partial charge in [-0.2, -0.15) is 13.2 Å². The lowest BCUT2D eigenvalue weighted by atomic mass is 9.81. The number of nitrogens with zero attached hydrogens (tertiary/aromatic N) is 9. The van der Waals surface area contributed by atoms with E-state index >= 15 is 33.6 Å². The van der Waals surface area contributed by atoms with Gasteiger partial charge in [0.05, 0.1) is 30.1 Å². The summed E-state index contributed by atoms with van der Waals surface area (Å²) in [4.78, 5) is 192. The van der Waals surface area contributed by atoms with E-state index in [1.807, 2.05) is 20.8 Å². The first-order valence-corrected chi connectivity index (χ1v) is 37.7. The van der Waals surface area contributed by atoms with E-state index in [0.29, 0.717) is 70.0 Å². The van der Waals surface area contributed by atoms with Crippen molar-refractivity contribution in [3.63, 3.8) is 0 Å². The van der Waals surface area contributed by atoms with Gasteiger partial charge >= 0.3 is 6.18 Å². The molecule has 1 aromatic rings. The van der Waals surface area contributed by atoms with E-state index in [0.717, 1.165) is 79.7 Å². The molecule has 3 aliphatic carbocycles. The Balaban J connectivity index is 1.30. The summed E-state index contributed by atoms with van der Waals surface area (Å²) in [6, 6.07) is -6.87. The SMILES string of the molecule is CC[C@H](C)[C@@H]1NC(=O)[C@H](CC(C)C)N(C)C(=O)C[C@@H](C(=O)N2CCCCC2)N(C)C(=O)[C@H](C2CCCCC2)N(C)C(=O)C2(CCCC2)NC(=O)C2CCCN2C(=O)[C@H](CCc2ccc(C(F)(F)F)c(Cl)c2)NC(=O)[C@H](C)N(C)C(=O)[C@H](CC2CCCCC2)N(C)C(=O)CN(C)C(=O)CN(C)C1=O. The van der Waals surface area contributed by atoms with E-state index in [1.165, 1.54) is 91.7 Å². The predicted octanol–water partition coefficient (Wildman–Crippen LogP) is 6.81. The van der Waals surface area contributed by atoms with E-state index in [2.05, 4.69) is 16.0 Å². The Hall–Kier alpha value is -7.06. The Labute approximate surface area is 605 Å². The van der Waals surface area contributed by atoms with Gasteiger partial charge in [-0.05, 0) is 132 Å². The van der Waals surface area contributed by atoms with Crippen LogP contribution in [0.5, 0.6) is 0 Å². The maximum absolute atomic E-state index is 15.8. The highest BCUT2D eigenvalue weighted by Gasteiger charge is 2.52. The highest BCUT2D eigenvalue weighted by Crippen LogP contribution is 2.39. The molecule has 6 aliphatic rings. The van der Waals surface area contributed by atoms with Crippen LogP contribution in [-0.2, 0) is 70.1 Å². The number of amides is 12. The van der Waals surface area contributed by atoms with Gasteiger partial charge in [0, 0.05) is 69.0 Å². The smallest absolute Gasteiger partial charge is 0.343 e. The zero-order chi connectivity index (χ0) is 75.2. The number of aryl methyl sites for hydroxylation is 1. The van der Waals surface area contributed by atoms with Crippen molar-refractivity contribution in [3.8, 4) is 0 Å². The molecule has 570 valence electrons. The van der Waals surface area contributed by atoms with Crippen molar-refractivity contribution >= 4 is 82.5 Å². The quantitative estimate of drug-likeness (QED) is 0.206. The van der Waals surface area contributed by atoms with Crippen LogP contribution < -0.4 is 16.0 Å². The van der Waals surface area contributed by atoms with Gasteiger partial charge in [-0.15, -0.1) is 0 Å². The molecular formula is C74H114ClF3N12O12.